The zero-order valence-electron chi connectivity index (χ0n) is 17.8. The molecule has 158 valence electrons. The predicted octanol–water partition coefficient (Wildman–Crippen LogP) is 8.08. The minimum atomic E-state index is -1.84. The van der Waals surface area contributed by atoms with Gasteiger partial charge in [0.05, 0.1) is 0 Å². The Balaban J connectivity index is 2.98. The van der Waals surface area contributed by atoms with E-state index in [0.29, 0.717) is 5.75 Å². The molecule has 0 aromatic rings. The van der Waals surface area contributed by atoms with Crippen LogP contribution < -0.4 is 0 Å². The Labute approximate surface area is 167 Å². The van der Waals surface area contributed by atoms with Crippen LogP contribution in [0.5, 0.6) is 0 Å². The summed E-state index contributed by atoms with van der Waals surface area (Å²) < 4.78 is 20.8. The summed E-state index contributed by atoms with van der Waals surface area (Å²) in [7, 11) is 0. The number of hydrogen-bond donors (Lipinski definition) is 0. The maximum atomic E-state index is 10.4. The molecule has 2 nitrogen and oxygen atoms in total. The number of rotatable bonds is 22. The summed E-state index contributed by atoms with van der Waals surface area (Å²) in [5.41, 5.74) is 0. The van der Waals surface area contributed by atoms with Crippen LogP contribution in [0.4, 0.5) is 0 Å². The van der Waals surface area contributed by atoms with Gasteiger partial charge >= 0.3 is 0 Å². The van der Waals surface area contributed by atoms with Crippen molar-refractivity contribution in [2.24, 2.45) is 0 Å². The normalized spacial score (nSPS) is 12.5. The van der Waals surface area contributed by atoms with Gasteiger partial charge in [0.25, 0.3) is 0 Å². The minimum Gasteiger partial charge on any atom is -0.772 e. The molecule has 0 rings (SSSR count). The van der Waals surface area contributed by atoms with Crippen molar-refractivity contribution >= 4 is 11.1 Å². The highest BCUT2D eigenvalue weighted by Crippen LogP contribution is 2.15. The molecule has 1 atom stereocenters. The van der Waals surface area contributed by atoms with Crippen molar-refractivity contribution in [3.05, 3.63) is 0 Å². The van der Waals surface area contributed by atoms with Crippen LogP contribution in [0.3, 0.4) is 0 Å². The van der Waals surface area contributed by atoms with Crippen LogP contribution in [-0.4, -0.2) is 14.5 Å². The molecule has 0 N–H and O–H groups in total. The van der Waals surface area contributed by atoms with Crippen molar-refractivity contribution in [2.75, 3.05) is 5.75 Å². The molecule has 26 heavy (non-hydrogen) atoms. The first-order valence-corrected chi connectivity index (χ1v) is 13.1. The van der Waals surface area contributed by atoms with Gasteiger partial charge in [0, 0.05) is 5.75 Å². The summed E-state index contributed by atoms with van der Waals surface area (Å²) in [5.74, 6) is 0.346. The summed E-state index contributed by atoms with van der Waals surface area (Å²) >= 11 is -1.84. The molecule has 0 aliphatic heterocycles. The van der Waals surface area contributed by atoms with E-state index in [2.05, 4.69) is 6.92 Å². The van der Waals surface area contributed by atoms with Crippen LogP contribution in [0.15, 0.2) is 0 Å². The van der Waals surface area contributed by atoms with E-state index in [4.69, 9.17) is 0 Å². The third-order valence-electron chi connectivity index (χ3n) is 5.41. The van der Waals surface area contributed by atoms with Gasteiger partial charge in [0.1, 0.15) is 0 Å². The molecule has 0 fully saturated rings. The smallest absolute Gasteiger partial charge is 0.0102 e. The zero-order valence-corrected chi connectivity index (χ0v) is 18.6. The van der Waals surface area contributed by atoms with Crippen LogP contribution >= 0.6 is 0 Å². The molecule has 0 saturated carbocycles. The van der Waals surface area contributed by atoms with Gasteiger partial charge in [-0.3, -0.25) is 4.21 Å². The molecular weight excluding hydrogens is 340 g/mol. The van der Waals surface area contributed by atoms with Crippen molar-refractivity contribution in [2.45, 2.75) is 142 Å². The highest BCUT2D eigenvalue weighted by Gasteiger charge is 1.95. The molecule has 0 spiro atoms. The monoisotopic (exact) mass is 387 g/mol. The Kier molecular flexibility index (Phi) is 23.2. The van der Waals surface area contributed by atoms with Gasteiger partial charge < -0.3 is 4.55 Å². The second-order valence-electron chi connectivity index (χ2n) is 8.08. The fourth-order valence-corrected chi connectivity index (χ4v) is 4.09. The lowest BCUT2D eigenvalue weighted by atomic mass is 10.0. The van der Waals surface area contributed by atoms with Gasteiger partial charge in [-0.25, -0.2) is 0 Å². The molecule has 0 aromatic heterocycles. The third kappa shape index (κ3) is 24.1. The maximum Gasteiger partial charge on any atom is 0.0102 e. The van der Waals surface area contributed by atoms with Crippen LogP contribution in [0, 0.1) is 0 Å². The second kappa shape index (κ2) is 23.1. The highest BCUT2D eigenvalue weighted by molar-refractivity contribution is 7.79. The Bertz CT molecular complexity index is 281. The molecule has 0 aliphatic carbocycles. The van der Waals surface area contributed by atoms with Crippen LogP contribution in [0.25, 0.3) is 0 Å². The molecule has 3 heteroatoms. The van der Waals surface area contributed by atoms with Gasteiger partial charge in [0.15, 0.2) is 0 Å². The van der Waals surface area contributed by atoms with Crippen molar-refractivity contribution in [1.82, 2.24) is 0 Å². The number of hydrogen-bond acceptors (Lipinski definition) is 2. The van der Waals surface area contributed by atoms with Gasteiger partial charge in [-0.05, 0) is 6.42 Å². The Morgan fingerprint density at radius 1 is 0.462 bits per heavy atom. The van der Waals surface area contributed by atoms with E-state index in [1.54, 1.807) is 0 Å². The minimum absolute atomic E-state index is 0.346. The largest absolute Gasteiger partial charge is 0.772 e. The average Bonchev–Trinajstić information content (AvgIpc) is 2.62. The lowest BCUT2D eigenvalue weighted by Crippen LogP contribution is -1.94. The van der Waals surface area contributed by atoms with Gasteiger partial charge in [0.2, 0.25) is 0 Å². The topological polar surface area (TPSA) is 40.1 Å². The van der Waals surface area contributed by atoms with E-state index in [9.17, 15) is 8.76 Å². The van der Waals surface area contributed by atoms with Crippen molar-refractivity contribution in [3.63, 3.8) is 0 Å². The first-order chi connectivity index (χ1) is 12.8. The Morgan fingerprint density at radius 3 is 0.923 bits per heavy atom. The summed E-state index contributed by atoms with van der Waals surface area (Å²) in [4.78, 5) is 0. The van der Waals surface area contributed by atoms with E-state index >= 15 is 0 Å². The molecular formula is C23H47O2S-. The molecule has 0 amide bonds. The summed E-state index contributed by atoms with van der Waals surface area (Å²) in [5, 5.41) is 0. The molecule has 0 aliphatic rings. The number of unbranched alkanes of at least 4 members (excludes halogenated alkanes) is 20. The van der Waals surface area contributed by atoms with E-state index < -0.39 is 11.1 Å². The fraction of sp³-hybridized carbons (Fsp3) is 1.00. The SMILES string of the molecule is CCCCCCCCCCCCCCCCCCCCCCCS(=O)[O-]. The van der Waals surface area contributed by atoms with E-state index in [1.807, 2.05) is 0 Å². The summed E-state index contributed by atoms with van der Waals surface area (Å²) in [6.45, 7) is 2.29. The van der Waals surface area contributed by atoms with Gasteiger partial charge in [-0.15, -0.1) is 0 Å². The molecule has 0 aromatic carbocycles. The standard InChI is InChI=1S/C23H48O2S/c1-2-3-4-5-6-7-8-9-10-11-12-13-14-15-16-17-18-19-20-21-22-23-26(24)25/h2-23H2,1H3,(H,24,25)/p-1. The van der Waals surface area contributed by atoms with Crippen molar-refractivity contribution in [3.8, 4) is 0 Å². The summed E-state index contributed by atoms with van der Waals surface area (Å²) in [6, 6.07) is 0. The molecule has 1 unspecified atom stereocenters. The first kappa shape index (κ1) is 26.1. The predicted molar refractivity (Wildman–Crippen MR) is 116 cm³/mol. The third-order valence-corrected chi connectivity index (χ3v) is 6.04. The van der Waals surface area contributed by atoms with Gasteiger partial charge in [-0.1, -0.05) is 146 Å². The zero-order chi connectivity index (χ0) is 19.1. The second-order valence-corrected chi connectivity index (χ2v) is 9.09. The van der Waals surface area contributed by atoms with Crippen molar-refractivity contribution < 1.29 is 8.76 Å². The van der Waals surface area contributed by atoms with Crippen LogP contribution in [-0.2, 0) is 11.1 Å². The van der Waals surface area contributed by atoms with Crippen LogP contribution in [0.2, 0.25) is 0 Å². The molecule has 0 radical (unpaired) electrons. The average molecular weight is 388 g/mol. The van der Waals surface area contributed by atoms with E-state index in [1.165, 1.54) is 122 Å². The maximum absolute atomic E-state index is 10.4. The lowest BCUT2D eigenvalue weighted by Gasteiger charge is -2.05. The Hall–Kier alpha value is 0.110. The van der Waals surface area contributed by atoms with Crippen molar-refractivity contribution in [1.29, 1.82) is 0 Å². The summed E-state index contributed by atoms with van der Waals surface area (Å²) in [6.07, 6.45) is 28.6. The Morgan fingerprint density at radius 2 is 0.692 bits per heavy atom. The van der Waals surface area contributed by atoms with Crippen LogP contribution in [0.1, 0.15) is 142 Å². The lowest BCUT2D eigenvalue weighted by molar-refractivity contribution is 0.519. The first-order valence-electron chi connectivity index (χ1n) is 11.8. The van der Waals surface area contributed by atoms with E-state index in [0.717, 1.165) is 12.8 Å². The molecule has 0 bridgehead atoms. The fourth-order valence-electron chi connectivity index (χ4n) is 3.65. The quantitative estimate of drug-likeness (QED) is 0.139. The molecule has 0 saturated heterocycles. The van der Waals surface area contributed by atoms with E-state index in [-0.39, 0.29) is 0 Å². The molecule has 0 heterocycles. The highest BCUT2D eigenvalue weighted by atomic mass is 32.2. The van der Waals surface area contributed by atoms with Gasteiger partial charge in [-0.2, -0.15) is 0 Å².